The Morgan fingerprint density at radius 2 is 1.31 bits per heavy atom. The molecule has 0 aliphatic carbocycles. The Morgan fingerprint density at radius 3 is 1.54 bits per heavy atom. The Bertz CT molecular complexity index is 332. The van der Waals surface area contributed by atoms with Gasteiger partial charge in [-0.3, -0.25) is 0 Å². The van der Waals surface area contributed by atoms with Crippen LogP contribution in [-0.4, -0.2) is 11.9 Å². The van der Waals surface area contributed by atoms with Crippen molar-refractivity contribution in [3.8, 4) is 12.1 Å². The van der Waals surface area contributed by atoms with Gasteiger partial charge in [-0.2, -0.15) is 10.5 Å². The van der Waals surface area contributed by atoms with Crippen molar-refractivity contribution in [1.29, 1.82) is 10.5 Å². The molecule has 0 amide bonds. The Hall–Kier alpha value is -2.40. The SMILES string of the molecule is C=C(C#N)C(=O)OC(=O)C(=C)C#N. The second-order valence-electron chi connectivity index (χ2n) is 1.86. The number of ether oxygens (including phenoxy) is 1. The summed E-state index contributed by atoms with van der Waals surface area (Å²) >= 11 is 0. The highest BCUT2D eigenvalue weighted by atomic mass is 16.6. The fourth-order valence-corrected chi connectivity index (χ4v) is 0.299. The summed E-state index contributed by atoms with van der Waals surface area (Å²) in [5, 5.41) is 16.3. The molecule has 5 nitrogen and oxygen atoms in total. The summed E-state index contributed by atoms with van der Waals surface area (Å²) in [6, 6.07) is 2.79. The maximum Gasteiger partial charge on any atom is 0.356 e. The molecular weight excluding hydrogens is 172 g/mol. The van der Waals surface area contributed by atoms with Crippen molar-refractivity contribution >= 4 is 11.9 Å². The van der Waals surface area contributed by atoms with E-state index in [-0.39, 0.29) is 0 Å². The fraction of sp³-hybridized carbons (Fsp3) is 0. The molecule has 5 heteroatoms. The average molecular weight is 176 g/mol. The zero-order chi connectivity index (χ0) is 10.4. The topological polar surface area (TPSA) is 90.9 Å². The molecule has 0 N–H and O–H groups in total. The van der Waals surface area contributed by atoms with Gasteiger partial charge in [-0.25, -0.2) is 9.59 Å². The van der Waals surface area contributed by atoms with Gasteiger partial charge >= 0.3 is 11.9 Å². The summed E-state index contributed by atoms with van der Waals surface area (Å²) in [6.07, 6.45) is 0. The minimum absolute atomic E-state index is 0.515. The third kappa shape index (κ3) is 3.00. The lowest BCUT2D eigenvalue weighted by Gasteiger charge is -1.97. The van der Waals surface area contributed by atoms with Crippen LogP contribution in [0.5, 0.6) is 0 Å². The molecule has 0 aromatic rings. The third-order valence-corrected chi connectivity index (χ3v) is 0.948. The molecule has 0 rings (SSSR count). The average Bonchev–Trinajstić information content (AvgIpc) is 2.14. The number of hydrogen-bond donors (Lipinski definition) is 0. The molecule has 13 heavy (non-hydrogen) atoms. The number of rotatable bonds is 2. The van der Waals surface area contributed by atoms with Gasteiger partial charge in [0.25, 0.3) is 0 Å². The van der Waals surface area contributed by atoms with Crippen molar-refractivity contribution < 1.29 is 14.3 Å². The minimum Gasteiger partial charge on any atom is -0.385 e. The van der Waals surface area contributed by atoms with Crippen LogP contribution in [0.3, 0.4) is 0 Å². The minimum atomic E-state index is -1.18. The molecule has 0 heterocycles. The highest BCUT2D eigenvalue weighted by molar-refractivity contribution is 6.04. The summed E-state index contributed by atoms with van der Waals surface area (Å²) in [4.78, 5) is 21.4. The summed E-state index contributed by atoms with van der Waals surface area (Å²) in [6.45, 7) is 6.02. The highest BCUT2D eigenvalue weighted by Gasteiger charge is 2.15. The molecule has 0 saturated heterocycles. The predicted octanol–water partition coefficient (Wildman–Crippen LogP) is 0.216. The number of carbonyl (C=O) groups is 2. The summed E-state index contributed by atoms with van der Waals surface area (Å²) in [5.41, 5.74) is -1.03. The zero-order valence-electron chi connectivity index (χ0n) is 6.53. The Morgan fingerprint density at radius 1 is 1.00 bits per heavy atom. The van der Waals surface area contributed by atoms with Gasteiger partial charge in [0.15, 0.2) is 0 Å². The molecule has 0 aromatic carbocycles. The Labute approximate surface area is 74.1 Å². The molecule has 0 aliphatic heterocycles. The van der Waals surface area contributed by atoms with Gasteiger partial charge in [0, 0.05) is 0 Å². The van der Waals surface area contributed by atoms with E-state index in [9.17, 15) is 9.59 Å². The molecule has 0 atom stereocenters. The van der Waals surface area contributed by atoms with E-state index in [1.807, 2.05) is 0 Å². The van der Waals surface area contributed by atoms with Crippen LogP contribution in [0.25, 0.3) is 0 Å². The normalized spacial score (nSPS) is 7.54. The van der Waals surface area contributed by atoms with Gasteiger partial charge in [0.1, 0.15) is 23.3 Å². The maximum absolute atomic E-state index is 10.7. The molecular formula is C8H4N2O3. The lowest BCUT2D eigenvalue weighted by Crippen LogP contribution is -2.13. The van der Waals surface area contributed by atoms with Crippen LogP contribution >= 0.6 is 0 Å². The van der Waals surface area contributed by atoms with Gasteiger partial charge in [-0.05, 0) is 0 Å². The van der Waals surface area contributed by atoms with E-state index in [2.05, 4.69) is 17.9 Å². The third-order valence-electron chi connectivity index (χ3n) is 0.948. The first kappa shape index (κ1) is 10.6. The van der Waals surface area contributed by atoms with Crippen molar-refractivity contribution in [3.63, 3.8) is 0 Å². The lowest BCUT2D eigenvalue weighted by molar-refractivity contribution is -0.153. The zero-order valence-corrected chi connectivity index (χ0v) is 6.53. The van der Waals surface area contributed by atoms with Crippen LogP contribution in [0.15, 0.2) is 24.3 Å². The van der Waals surface area contributed by atoms with Crippen molar-refractivity contribution in [1.82, 2.24) is 0 Å². The molecule has 64 valence electrons. The predicted molar refractivity (Wildman–Crippen MR) is 40.6 cm³/mol. The lowest BCUT2D eigenvalue weighted by atomic mass is 10.3. The largest absolute Gasteiger partial charge is 0.385 e. The summed E-state index contributed by atoms with van der Waals surface area (Å²) < 4.78 is 4.03. The van der Waals surface area contributed by atoms with Crippen molar-refractivity contribution in [2.45, 2.75) is 0 Å². The molecule has 0 aromatic heterocycles. The molecule has 0 radical (unpaired) electrons. The molecule has 0 saturated carbocycles. The standard InChI is InChI=1S/C8H4N2O3/c1-5(3-9)7(11)13-8(12)6(2)4-10/h1-2H2. The fourth-order valence-electron chi connectivity index (χ4n) is 0.299. The van der Waals surface area contributed by atoms with Crippen LogP contribution in [0.4, 0.5) is 0 Å². The van der Waals surface area contributed by atoms with Gasteiger partial charge in [0.2, 0.25) is 0 Å². The van der Waals surface area contributed by atoms with E-state index in [0.29, 0.717) is 0 Å². The van der Waals surface area contributed by atoms with Crippen LogP contribution < -0.4 is 0 Å². The molecule has 0 fully saturated rings. The van der Waals surface area contributed by atoms with E-state index < -0.39 is 23.1 Å². The number of nitriles is 2. The maximum atomic E-state index is 10.7. The van der Waals surface area contributed by atoms with Gasteiger partial charge in [-0.1, -0.05) is 13.2 Å². The van der Waals surface area contributed by atoms with E-state index in [4.69, 9.17) is 10.5 Å². The van der Waals surface area contributed by atoms with Crippen LogP contribution in [0, 0.1) is 22.7 Å². The van der Waals surface area contributed by atoms with E-state index in [0.717, 1.165) is 0 Å². The van der Waals surface area contributed by atoms with Crippen molar-refractivity contribution in [2.75, 3.05) is 0 Å². The summed E-state index contributed by atoms with van der Waals surface area (Å²) in [7, 11) is 0. The monoisotopic (exact) mass is 176 g/mol. The van der Waals surface area contributed by atoms with Gasteiger partial charge in [-0.15, -0.1) is 0 Å². The van der Waals surface area contributed by atoms with Crippen molar-refractivity contribution in [3.05, 3.63) is 24.3 Å². The molecule has 0 aliphatic rings. The first-order valence-corrected chi connectivity index (χ1v) is 2.97. The number of esters is 2. The Kier molecular flexibility index (Phi) is 3.65. The second kappa shape index (κ2) is 4.47. The molecule has 0 bridgehead atoms. The van der Waals surface area contributed by atoms with Gasteiger partial charge in [0.05, 0.1) is 0 Å². The number of carbonyl (C=O) groups excluding carboxylic acids is 2. The van der Waals surface area contributed by atoms with Crippen molar-refractivity contribution in [2.24, 2.45) is 0 Å². The van der Waals surface area contributed by atoms with E-state index in [1.54, 1.807) is 0 Å². The first-order chi connectivity index (χ1) is 6.02. The smallest absolute Gasteiger partial charge is 0.356 e. The first-order valence-electron chi connectivity index (χ1n) is 2.97. The number of hydrogen-bond acceptors (Lipinski definition) is 5. The van der Waals surface area contributed by atoms with E-state index >= 15 is 0 Å². The summed E-state index contributed by atoms with van der Waals surface area (Å²) in [5.74, 6) is -2.35. The quantitative estimate of drug-likeness (QED) is 0.259. The number of nitrogens with zero attached hydrogens (tertiary/aromatic N) is 2. The molecule has 0 unspecified atom stereocenters. The highest BCUT2D eigenvalue weighted by Crippen LogP contribution is 1.97. The van der Waals surface area contributed by atoms with Crippen LogP contribution in [-0.2, 0) is 14.3 Å². The van der Waals surface area contributed by atoms with Gasteiger partial charge < -0.3 is 4.74 Å². The van der Waals surface area contributed by atoms with Crippen LogP contribution in [0.1, 0.15) is 0 Å². The second-order valence-corrected chi connectivity index (χ2v) is 1.86. The van der Waals surface area contributed by atoms with E-state index in [1.165, 1.54) is 12.1 Å². The molecule has 0 spiro atoms. The van der Waals surface area contributed by atoms with Crippen LogP contribution in [0.2, 0.25) is 0 Å². The Balaban J connectivity index is 4.36.